The van der Waals surface area contributed by atoms with Gasteiger partial charge in [0.1, 0.15) is 29.1 Å². The van der Waals surface area contributed by atoms with Crippen LogP contribution in [0.5, 0.6) is 17.2 Å². The molecule has 4 aromatic rings. The number of hydrogen-bond donors (Lipinski definition) is 1. The van der Waals surface area contributed by atoms with Gasteiger partial charge in [-0.05, 0) is 74.4 Å². The fraction of sp³-hybridized carbons (Fsp3) is 0.300. The summed E-state index contributed by atoms with van der Waals surface area (Å²) in [5, 5.41) is 9.73. The number of methoxy groups -OCH3 is 1. The van der Waals surface area contributed by atoms with Crippen LogP contribution in [-0.2, 0) is 17.8 Å². The molecule has 4 rings (SSSR count). The molecule has 0 bridgehead atoms. The second kappa shape index (κ2) is 13.2. The third-order valence-corrected chi connectivity index (χ3v) is 7.26. The lowest BCUT2D eigenvalue weighted by Gasteiger charge is -2.27. The molecule has 0 aliphatic heterocycles. The molecule has 2 heterocycles. The first-order valence-electron chi connectivity index (χ1n) is 12.9. The van der Waals surface area contributed by atoms with E-state index in [1.807, 2.05) is 26.0 Å². The molecule has 0 fully saturated rings. The molecule has 1 amide bonds. The van der Waals surface area contributed by atoms with Gasteiger partial charge < -0.3 is 23.7 Å². The Bertz CT molecular complexity index is 1430. The molecule has 10 heteroatoms. The molecule has 9 nitrogen and oxygen atoms in total. The average Bonchev–Trinajstić information content (AvgIpc) is 3.54. The minimum atomic E-state index is -1.10. The van der Waals surface area contributed by atoms with E-state index in [1.54, 1.807) is 66.8 Å². The van der Waals surface area contributed by atoms with E-state index >= 15 is 0 Å². The first kappa shape index (κ1) is 28.7. The molecule has 0 aliphatic carbocycles. The van der Waals surface area contributed by atoms with Crippen LogP contribution >= 0.6 is 11.3 Å². The van der Waals surface area contributed by atoms with Crippen LogP contribution in [0.15, 0.2) is 65.1 Å². The van der Waals surface area contributed by atoms with Crippen molar-refractivity contribution < 1.29 is 33.3 Å². The Morgan fingerprint density at radius 2 is 1.68 bits per heavy atom. The van der Waals surface area contributed by atoms with Gasteiger partial charge in [0.2, 0.25) is 5.89 Å². The predicted octanol–water partition coefficient (Wildman–Crippen LogP) is 6.51. The molecule has 2 aromatic heterocycles. The van der Waals surface area contributed by atoms with Gasteiger partial charge in [0.25, 0.3) is 0 Å². The molecule has 0 spiro atoms. The first-order chi connectivity index (χ1) is 19.3. The molecule has 1 N–H and O–H groups in total. The molecule has 40 heavy (non-hydrogen) atoms. The number of thiophene rings is 1. The van der Waals surface area contributed by atoms with Crippen molar-refractivity contribution in [3.05, 3.63) is 82.6 Å². The number of nitrogens with zero attached hydrogens (tertiary/aromatic N) is 2. The van der Waals surface area contributed by atoms with Gasteiger partial charge in [0, 0.05) is 17.8 Å². The number of carboxylic acid groups (broad SMARTS) is 1. The van der Waals surface area contributed by atoms with E-state index in [9.17, 15) is 14.7 Å². The smallest absolute Gasteiger partial charge is 0.416 e. The molecular formula is C30H32N2O7S. The molecule has 1 atom stereocenters. The number of rotatable bonds is 12. The number of aryl methyl sites for hydroxylation is 2. The third-order valence-electron chi connectivity index (χ3n) is 6.27. The summed E-state index contributed by atoms with van der Waals surface area (Å²) in [5.41, 5.74) is 1.59. The second-order valence-electron chi connectivity index (χ2n) is 9.11. The third kappa shape index (κ3) is 7.20. The minimum absolute atomic E-state index is 0.0587. The number of carbonyl (C=O) groups is 2. The highest BCUT2D eigenvalue weighted by molar-refractivity contribution is 7.15. The van der Waals surface area contributed by atoms with E-state index in [2.05, 4.69) is 4.98 Å². The lowest BCUT2D eigenvalue weighted by atomic mass is 10.1. The maximum Gasteiger partial charge on any atom is 0.416 e. The number of oxazole rings is 1. The normalized spacial score (nSPS) is 11.6. The van der Waals surface area contributed by atoms with Crippen LogP contribution in [-0.4, -0.2) is 46.8 Å². The van der Waals surface area contributed by atoms with E-state index in [0.29, 0.717) is 36.2 Å². The van der Waals surface area contributed by atoms with Crippen molar-refractivity contribution in [1.29, 1.82) is 0 Å². The van der Waals surface area contributed by atoms with E-state index in [0.717, 1.165) is 21.9 Å². The summed E-state index contributed by atoms with van der Waals surface area (Å²) in [6.45, 7) is 6.12. The van der Waals surface area contributed by atoms with E-state index in [4.69, 9.17) is 18.6 Å². The van der Waals surface area contributed by atoms with Crippen LogP contribution in [0.1, 0.15) is 35.2 Å². The average molecular weight is 565 g/mol. The van der Waals surface area contributed by atoms with Gasteiger partial charge in [-0.1, -0.05) is 19.1 Å². The first-order valence-corrected chi connectivity index (χ1v) is 13.7. The van der Waals surface area contributed by atoms with Gasteiger partial charge in [-0.3, -0.25) is 4.90 Å². The number of benzene rings is 2. The Labute approximate surface area is 236 Å². The van der Waals surface area contributed by atoms with Crippen molar-refractivity contribution >= 4 is 23.4 Å². The zero-order chi connectivity index (χ0) is 28.6. The van der Waals surface area contributed by atoms with Crippen LogP contribution in [0.25, 0.3) is 10.8 Å². The number of aliphatic carboxylic acids is 1. The molecule has 0 aliphatic rings. The lowest BCUT2D eigenvalue weighted by molar-refractivity contribution is -0.142. The minimum Gasteiger partial charge on any atom is -0.497 e. The Hall–Kier alpha value is -4.31. The molecule has 0 saturated carbocycles. The van der Waals surface area contributed by atoms with Crippen LogP contribution in [0.2, 0.25) is 0 Å². The molecular weight excluding hydrogens is 532 g/mol. The predicted molar refractivity (Wildman–Crippen MR) is 151 cm³/mol. The van der Waals surface area contributed by atoms with Gasteiger partial charge in [0.15, 0.2) is 0 Å². The Kier molecular flexibility index (Phi) is 9.44. The maximum absolute atomic E-state index is 13.0. The van der Waals surface area contributed by atoms with E-state index < -0.39 is 18.1 Å². The van der Waals surface area contributed by atoms with Crippen molar-refractivity contribution in [1.82, 2.24) is 9.88 Å². The van der Waals surface area contributed by atoms with Crippen molar-refractivity contribution in [2.45, 2.75) is 46.2 Å². The number of carbonyl (C=O) groups excluding carboxylic acids is 1. The Balaban J connectivity index is 1.37. The summed E-state index contributed by atoms with van der Waals surface area (Å²) >= 11 is 1.64. The van der Waals surface area contributed by atoms with Gasteiger partial charge in [-0.15, -0.1) is 11.3 Å². The van der Waals surface area contributed by atoms with Crippen LogP contribution in [0.3, 0.4) is 0 Å². The van der Waals surface area contributed by atoms with Crippen LogP contribution in [0, 0.1) is 13.8 Å². The summed E-state index contributed by atoms with van der Waals surface area (Å²) in [6, 6.07) is 16.7. The van der Waals surface area contributed by atoms with Crippen LogP contribution in [0.4, 0.5) is 4.79 Å². The summed E-state index contributed by atoms with van der Waals surface area (Å²) < 4.78 is 22.3. The largest absolute Gasteiger partial charge is 0.497 e. The maximum atomic E-state index is 13.0. The quantitative estimate of drug-likeness (QED) is 0.207. The highest BCUT2D eigenvalue weighted by Crippen LogP contribution is 2.29. The van der Waals surface area contributed by atoms with Crippen molar-refractivity contribution in [2.75, 3.05) is 13.7 Å². The SMILES string of the molecule is CCC(C(=O)O)N(Cc1ccc(OCCc2nc(-c3ccc(C)s3)oc2C)cc1)C(=O)Oc1ccc(OC)cc1. The van der Waals surface area contributed by atoms with E-state index in [-0.39, 0.29) is 13.0 Å². The van der Waals surface area contributed by atoms with E-state index in [1.165, 1.54) is 16.9 Å². The summed E-state index contributed by atoms with van der Waals surface area (Å²) in [6.07, 6.45) is 0.0620. The number of carboxylic acids is 1. The van der Waals surface area contributed by atoms with Crippen molar-refractivity contribution in [3.8, 4) is 28.0 Å². The highest BCUT2D eigenvalue weighted by Gasteiger charge is 2.30. The highest BCUT2D eigenvalue weighted by atomic mass is 32.1. The number of amides is 1. The fourth-order valence-corrected chi connectivity index (χ4v) is 4.90. The van der Waals surface area contributed by atoms with Crippen molar-refractivity contribution in [3.63, 3.8) is 0 Å². The number of aromatic nitrogens is 1. The number of hydrogen-bond acceptors (Lipinski definition) is 8. The molecule has 0 radical (unpaired) electrons. The zero-order valence-electron chi connectivity index (χ0n) is 22.9. The molecule has 210 valence electrons. The summed E-state index contributed by atoms with van der Waals surface area (Å²) in [4.78, 5) is 32.9. The van der Waals surface area contributed by atoms with Crippen LogP contribution < -0.4 is 14.2 Å². The fourth-order valence-electron chi connectivity index (χ4n) is 4.10. The Morgan fingerprint density at radius 1 is 1.00 bits per heavy atom. The second-order valence-corrected chi connectivity index (χ2v) is 10.4. The number of ether oxygens (including phenoxy) is 3. The monoisotopic (exact) mass is 564 g/mol. The standard InChI is InChI=1S/C30H32N2O7S/c1-5-26(29(33)34)32(30(35)39-24-13-11-22(36-4)12-14-24)18-21-7-9-23(10-8-21)37-17-16-25-20(3)38-28(31-25)27-15-6-19(2)40-27/h6-15,26H,5,16-18H2,1-4H3,(H,33,34). The zero-order valence-corrected chi connectivity index (χ0v) is 23.7. The lowest BCUT2D eigenvalue weighted by Crippen LogP contribution is -2.45. The van der Waals surface area contributed by atoms with Gasteiger partial charge in [-0.25, -0.2) is 14.6 Å². The van der Waals surface area contributed by atoms with Gasteiger partial charge in [0.05, 0.1) is 24.3 Å². The Morgan fingerprint density at radius 3 is 2.27 bits per heavy atom. The molecule has 0 saturated heterocycles. The molecule has 1 unspecified atom stereocenters. The summed E-state index contributed by atoms with van der Waals surface area (Å²) in [7, 11) is 1.54. The topological polar surface area (TPSA) is 111 Å². The summed E-state index contributed by atoms with van der Waals surface area (Å²) in [5.74, 6) is 1.85. The molecule has 2 aromatic carbocycles. The van der Waals surface area contributed by atoms with Gasteiger partial charge >= 0.3 is 12.1 Å². The van der Waals surface area contributed by atoms with Gasteiger partial charge in [-0.2, -0.15) is 0 Å². The van der Waals surface area contributed by atoms with Crippen molar-refractivity contribution in [2.24, 2.45) is 0 Å².